The molecule has 0 radical (unpaired) electrons. The van der Waals surface area contributed by atoms with Crippen LogP contribution >= 0.6 is 11.3 Å². The highest BCUT2D eigenvalue weighted by Crippen LogP contribution is 2.30. The number of hydrogen-bond donors (Lipinski definition) is 2. The lowest BCUT2D eigenvalue weighted by molar-refractivity contribution is -0.122. The van der Waals surface area contributed by atoms with Gasteiger partial charge < -0.3 is 15.5 Å². The molecule has 154 valence electrons. The van der Waals surface area contributed by atoms with Crippen molar-refractivity contribution >= 4 is 45.6 Å². The third-order valence-electron chi connectivity index (χ3n) is 5.00. The molecule has 1 saturated heterocycles. The van der Waals surface area contributed by atoms with Gasteiger partial charge in [-0.25, -0.2) is 0 Å². The third kappa shape index (κ3) is 4.97. The van der Waals surface area contributed by atoms with E-state index in [1.807, 2.05) is 0 Å². The molecule has 2 N–H and O–H groups in total. The number of amides is 3. The van der Waals surface area contributed by atoms with Crippen LogP contribution in [-0.2, 0) is 14.4 Å². The lowest BCUT2D eigenvalue weighted by Gasteiger charge is -2.17. The Kier molecular flexibility index (Phi) is 6.58. The molecule has 29 heavy (non-hydrogen) atoms. The van der Waals surface area contributed by atoms with Crippen molar-refractivity contribution in [1.29, 1.82) is 0 Å². The molecule has 0 aliphatic carbocycles. The van der Waals surface area contributed by atoms with Crippen LogP contribution < -0.4 is 15.5 Å². The van der Waals surface area contributed by atoms with Crippen LogP contribution in [0.1, 0.15) is 51.0 Å². The molecule has 8 nitrogen and oxygen atoms in total. The summed E-state index contributed by atoms with van der Waals surface area (Å²) in [5, 5.41) is 15.2. The van der Waals surface area contributed by atoms with Gasteiger partial charge in [-0.2, -0.15) is 0 Å². The number of hydrogen-bond acceptors (Lipinski definition) is 6. The van der Waals surface area contributed by atoms with E-state index in [2.05, 4.69) is 34.7 Å². The number of benzene rings is 1. The van der Waals surface area contributed by atoms with E-state index in [1.165, 1.54) is 18.3 Å². The topological polar surface area (TPSA) is 104 Å². The van der Waals surface area contributed by atoms with E-state index < -0.39 is 5.92 Å². The van der Waals surface area contributed by atoms with Crippen LogP contribution in [0.25, 0.3) is 0 Å². The van der Waals surface area contributed by atoms with Gasteiger partial charge in [0.1, 0.15) is 5.01 Å². The lowest BCUT2D eigenvalue weighted by atomic mass is 10.1. The summed E-state index contributed by atoms with van der Waals surface area (Å²) < 4.78 is 0. The summed E-state index contributed by atoms with van der Waals surface area (Å²) in [6.45, 7) is 5.96. The fourth-order valence-corrected chi connectivity index (χ4v) is 4.37. The van der Waals surface area contributed by atoms with Gasteiger partial charge >= 0.3 is 0 Å². The summed E-state index contributed by atoms with van der Waals surface area (Å²) in [6.07, 6.45) is 2.11. The Bertz CT molecular complexity index is 892. The lowest BCUT2D eigenvalue weighted by Crippen LogP contribution is -2.28. The van der Waals surface area contributed by atoms with Crippen LogP contribution in [-0.4, -0.2) is 34.5 Å². The van der Waals surface area contributed by atoms with Gasteiger partial charge in [0, 0.05) is 37.2 Å². The van der Waals surface area contributed by atoms with Crippen LogP contribution in [0, 0.1) is 5.92 Å². The van der Waals surface area contributed by atoms with Crippen molar-refractivity contribution in [3.63, 3.8) is 0 Å². The van der Waals surface area contributed by atoms with Crippen molar-refractivity contribution in [2.24, 2.45) is 5.92 Å². The summed E-state index contributed by atoms with van der Waals surface area (Å²) in [4.78, 5) is 37.8. The molecule has 1 aromatic heterocycles. The minimum Gasteiger partial charge on any atom is -0.326 e. The average molecular weight is 416 g/mol. The van der Waals surface area contributed by atoms with Crippen LogP contribution in [0.2, 0.25) is 0 Å². The predicted octanol–water partition coefficient (Wildman–Crippen LogP) is 3.39. The molecular formula is C20H25N5O3S. The minimum absolute atomic E-state index is 0.104. The molecule has 1 aliphatic heterocycles. The standard InChI is InChI=1S/C20H25N5O3S/c1-4-13(5-2)19-23-24-20(29-19)22-18(28)14-10-17(27)25(11-14)16-8-6-15(7-9-16)21-12(3)26/h6-9,13-14H,4-5,10-11H2,1-3H3,(H,21,26)(H,22,24,28)/t14-/m1/s1. The fraction of sp³-hybridized carbons (Fsp3) is 0.450. The molecule has 0 saturated carbocycles. The number of nitrogens with zero attached hydrogens (tertiary/aromatic N) is 3. The van der Waals surface area contributed by atoms with E-state index in [1.54, 1.807) is 29.2 Å². The Morgan fingerprint density at radius 2 is 1.86 bits per heavy atom. The second-order valence-electron chi connectivity index (χ2n) is 7.08. The molecule has 3 amide bonds. The second-order valence-corrected chi connectivity index (χ2v) is 8.09. The van der Waals surface area contributed by atoms with Crippen LogP contribution in [0.4, 0.5) is 16.5 Å². The quantitative estimate of drug-likeness (QED) is 0.721. The Balaban J connectivity index is 1.62. The molecule has 2 heterocycles. The number of carbonyl (C=O) groups is 3. The number of rotatable bonds is 7. The van der Waals surface area contributed by atoms with Gasteiger partial charge in [0.25, 0.3) is 0 Å². The van der Waals surface area contributed by atoms with Crippen LogP contribution in [0.3, 0.4) is 0 Å². The highest BCUT2D eigenvalue weighted by molar-refractivity contribution is 7.15. The maximum Gasteiger partial charge on any atom is 0.231 e. The molecule has 9 heteroatoms. The zero-order valence-electron chi connectivity index (χ0n) is 16.8. The van der Waals surface area contributed by atoms with Crippen molar-refractivity contribution in [3.05, 3.63) is 29.3 Å². The van der Waals surface area contributed by atoms with E-state index in [-0.39, 0.29) is 24.1 Å². The number of aromatic nitrogens is 2. The molecule has 1 aromatic carbocycles. The van der Waals surface area contributed by atoms with Crippen molar-refractivity contribution in [2.45, 2.75) is 46.0 Å². The Morgan fingerprint density at radius 3 is 2.48 bits per heavy atom. The molecule has 1 fully saturated rings. The average Bonchev–Trinajstić information content (AvgIpc) is 3.30. The first kappa shape index (κ1) is 20.9. The van der Waals surface area contributed by atoms with Crippen molar-refractivity contribution in [3.8, 4) is 0 Å². The summed E-state index contributed by atoms with van der Waals surface area (Å²) >= 11 is 1.39. The summed E-state index contributed by atoms with van der Waals surface area (Å²) in [5.41, 5.74) is 1.36. The van der Waals surface area contributed by atoms with E-state index in [9.17, 15) is 14.4 Å². The van der Waals surface area contributed by atoms with E-state index in [4.69, 9.17) is 0 Å². The zero-order valence-corrected chi connectivity index (χ0v) is 17.6. The predicted molar refractivity (Wildman–Crippen MR) is 113 cm³/mol. The molecule has 0 spiro atoms. The van der Waals surface area contributed by atoms with Gasteiger partial charge in [-0.1, -0.05) is 25.2 Å². The minimum atomic E-state index is -0.446. The van der Waals surface area contributed by atoms with Crippen molar-refractivity contribution < 1.29 is 14.4 Å². The highest BCUT2D eigenvalue weighted by Gasteiger charge is 2.35. The summed E-state index contributed by atoms with van der Waals surface area (Å²) in [5.74, 6) is -0.577. The van der Waals surface area contributed by atoms with Gasteiger partial charge in [0.15, 0.2) is 0 Å². The first-order chi connectivity index (χ1) is 13.9. The molecule has 1 atom stereocenters. The summed E-state index contributed by atoms with van der Waals surface area (Å²) in [7, 11) is 0. The molecule has 3 rings (SSSR count). The highest BCUT2D eigenvalue weighted by atomic mass is 32.1. The summed E-state index contributed by atoms with van der Waals surface area (Å²) in [6, 6.07) is 6.99. The zero-order chi connectivity index (χ0) is 21.0. The molecular weight excluding hydrogens is 390 g/mol. The first-order valence-electron chi connectivity index (χ1n) is 9.73. The van der Waals surface area contributed by atoms with Crippen LogP contribution in [0.5, 0.6) is 0 Å². The smallest absolute Gasteiger partial charge is 0.231 e. The number of carbonyl (C=O) groups excluding carboxylic acids is 3. The first-order valence-corrected chi connectivity index (χ1v) is 10.5. The maximum absolute atomic E-state index is 12.6. The largest absolute Gasteiger partial charge is 0.326 e. The van der Waals surface area contributed by atoms with Gasteiger partial charge in [0.2, 0.25) is 22.9 Å². The van der Waals surface area contributed by atoms with Gasteiger partial charge in [0.05, 0.1) is 5.92 Å². The monoisotopic (exact) mass is 415 g/mol. The fourth-order valence-electron chi connectivity index (χ4n) is 3.36. The van der Waals surface area contributed by atoms with Crippen LogP contribution in [0.15, 0.2) is 24.3 Å². The molecule has 2 aromatic rings. The number of anilines is 3. The Hall–Kier alpha value is -2.81. The van der Waals surface area contributed by atoms with Crippen molar-refractivity contribution in [2.75, 3.05) is 22.1 Å². The SMILES string of the molecule is CCC(CC)c1nnc(NC(=O)[C@@H]2CC(=O)N(c3ccc(NC(C)=O)cc3)C2)s1. The maximum atomic E-state index is 12.6. The normalized spacial score (nSPS) is 16.3. The van der Waals surface area contributed by atoms with E-state index in [0.29, 0.717) is 29.0 Å². The molecule has 0 unspecified atom stereocenters. The van der Waals surface area contributed by atoms with Gasteiger partial charge in [-0.3, -0.25) is 14.4 Å². The Morgan fingerprint density at radius 1 is 1.17 bits per heavy atom. The van der Waals surface area contributed by atoms with Crippen molar-refractivity contribution in [1.82, 2.24) is 10.2 Å². The number of nitrogens with one attached hydrogen (secondary N) is 2. The third-order valence-corrected chi connectivity index (χ3v) is 6.00. The van der Waals surface area contributed by atoms with E-state index >= 15 is 0 Å². The second kappa shape index (κ2) is 9.13. The molecule has 1 aliphatic rings. The van der Waals surface area contributed by atoms with E-state index in [0.717, 1.165) is 17.8 Å². The van der Waals surface area contributed by atoms with Gasteiger partial charge in [-0.15, -0.1) is 10.2 Å². The Labute approximate surface area is 173 Å². The van der Waals surface area contributed by atoms with Gasteiger partial charge in [-0.05, 0) is 37.1 Å². The molecule has 0 bridgehead atoms.